The van der Waals surface area contributed by atoms with Gasteiger partial charge in [0.15, 0.2) is 5.60 Å². The fourth-order valence-corrected chi connectivity index (χ4v) is 4.03. The van der Waals surface area contributed by atoms with Gasteiger partial charge in [0.2, 0.25) is 0 Å². The molecule has 0 unspecified atom stereocenters. The number of ether oxygens (including phenoxy) is 1. The van der Waals surface area contributed by atoms with Gasteiger partial charge in [-0.05, 0) is 69.9 Å². The smallest absolute Gasteiger partial charge is 0.263 e. The molecule has 1 aromatic carbocycles. The molecule has 1 amide bonds. The van der Waals surface area contributed by atoms with Crippen LogP contribution in [0.3, 0.4) is 0 Å². The Hall–Kier alpha value is -2.01. The van der Waals surface area contributed by atoms with E-state index < -0.39 is 5.60 Å². The van der Waals surface area contributed by atoms with Crippen molar-refractivity contribution in [2.75, 3.05) is 0 Å². The topological polar surface area (TPSA) is 56.1 Å². The number of hydrogen-bond acceptors (Lipinski definition) is 3. The highest BCUT2D eigenvalue weighted by Crippen LogP contribution is 2.43. The molecule has 2 aliphatic rings. The Bertz CT molecular complexity index is 834. The van der Waals surface area contributed by atoms with E-state index in [1.54, 1.807) is 38.1 Å². The molecule has 1 N–H and O–H groups in total. The molecule has 0 spiro atoms. The van der Waals surface area contributed by atoms with Crippen molar-refractivity contribution in [2.45, 2.75) is 76.5 Å². The third kappa shape index (κ3) is 4.35. The Balaban J connectivity index is 1.39. The van der Waals surface area contributed by atoms with Gasteiger partial charge >= 0.3 is 0 Å². The van der Waals surface area contributed by atoms with Crippen LogP contribution < -0.4 is 10.1 Å². The van der Waals surface area contributed by atoms with Crippen LogP contribution in [0.2, 0.25) is 5.02 Å². The molecule has 150 valence electrons. The molecule has 0 saturated heterocycles. The first-order valence-corrected chi connectivity index (χ1v) is 10.6. The molecule has 4 rings (SSSR count). The third-order valence-electron chi connectivity index (χ3n) is 5.64. The number of carbonyl (C=O) groups excluding carboxylic acids is 1. The molecule has 28 heavy (non-hydrogen) atoms. The predicted octanol–water partition coefficient (Wildman–Crippen LogP) is 5.00. The maximum absolute atomic E-state index is 12.7. The maximum Gasteiger partial charge on any atom is 0.263 e. The normalized spacial score (nSPS) is 17.7. The number of carbonyl (C=O) groups is 1. The lowest BCUT2D eigenvalue weighted by Crippen LogP contribution is -2.46. The van der Waals surface area contributed by atoms with E-state index in [4.69, 9.17) is 21.4 Å². The zero-order valence-electron chi connectivity index (χ0n) is 16.6. The van der Waals surface area contributed by atoms with E-state index in [1.165, 1.54) is 44.2 Å². The third-order valence-corrected chi connectivity index (χ3v) is 5.90. The summed E-state index contributed by atoms with van der Waals surface area (Å²) in [5.41, 5.74) is 1.30. The second-order valence-electron chi connectivity index (χ2n) is 8.47. The van der Waals surface area contributed by atoms with Gasteiger partial charge in [-0.25, -0.2) is 0 Å². The number of benzene rings is 1. The summed E-state index contributed by atoms with van der Waals surface area (Å²) < 4.78 is 8.12. The summed E-state index contributed by atoms with van der Waals surface area (Å²) in [7, 11) is 0. The number of nitrogens with zero attached hydrogens (tertiary/aromatic N) is 2. The van der Waals surface area contributed by atoms with Crippen LogP contribution in [0.15, 0.2) is 30.3 Å². The van der Waals surface area contributed by atoms with E-state index in [-0.39, 0.29) is 5.91 Å². The molecule has 6 heteroatoms. The quantitative estimate of drug-likeness (QED) is 0.710. The van der Waals surface area contributed by atoms with Gasteiger partial charge in [-0.1, -0.05) is 24.4 Å². The molecule has 2 fully saturated rings. The number of hydrogen-bond donors (Lipinski definition) is 1. The van der Waals surface area contributed by atoms with Gasteiger partial charge in [-0.2, -0.15) is 5.10 Å². The van der Waals surface area contributed by atoms with Crippen molar-refractivity contribution in [1.29, 1.82) is 0 Å². The van der Waals surface area contributed by atoms with Crippen LogP contribution in [-0.2, 0) is 11.3 Å². The lowest BCUT2D eigenvalue weighted by atomic mass is 10.1. The number of amides is 1. The number of rotatable bonds is 7. The highest BCUT2D eigenvalue weighted by molar-refractivity contribution is 6.30. The Morgan fingerprint density at radius 3 is 2.54 bits per heavy atom. The zero-order valence-corrected chi connectivity index (χ0v) is 17.3. The fraction of sp³-hybridized carbons (Fsp3) is 0.545. The van der Waals surface area contributed by atoms with Crippen molar-refractivity contribution in [3.8, 4) is 5.75 Å². The molecule has 2 saturated carbocycles. The van der Waals surface area contributed by atoms with Crippen LogP contribution in [0, 0.1) is 0 Å². The molecule has 1 aromatic heterocycles. The molecular formula is C22H28ClN3O2. The number of halogens is 1. The number of aromatic nitrogens is 2. The van der Waals surface area contributed by atoms with Gasteiger partial charge < -0.3 is 10.1 Å². The van der Waals surface area contributed by atoms with Gasteiger partial charge in [0, 0.05) is 16.6 Å². The van der Waals surface area contributed by atoms with E-state index in [1.807, 2.05) is 0 Å². The first-order valence-electron chi connectivity index (χ1n) is 10.2. The van der Waals surface area contributed by atoms with Crippen LogP contribution in [0.25, 0.3) is 0 Å². The number of nitrogens with one attached hydrogen (secondary N) is 1. The van der Waals surface area contributed by atoms with E-state index in [2.05, 4.69) is 16.1 Å². The van der Waals surface area contributed by atoms with E-state index in [0.717, 1.165) is 5.69 Å². The second kappa shape index (κ2) is 7.78. The van der Waals surface area contributed by atoms with Gasteiger partial charge in [0.05, 0.1) is 18.3 Å². The van der Waals surface area contributed by atoms with Crippen LogP contribution >= 0.6 is 11.6 Å². The predicted molar refractivity (Wildman–Crippen MR) is 110 cm³/mol. The Labute approximate surface area is 171 Å². The van der Waals surface area contributed by atoms with E-state index in [9.17, 15) is 4.79 Å². The Morgan fingerprint density at radius 2 is 1.89 bits per heavy atom. The summed E-state index contributed by atoms with van der Waals surface area (Å²) in [5, 5.41) is 8.48. The highest BCUT2D eigenvalue weighted by atomic mass is 35.5. The molecule has 0 aliphatic heterocycles. The van der Waals surface area contributed by atoms with Gasteiger partial charge in [-0.15, -0.1) is 0 Å². The lowest BCUT2D eigenvalue weighted by molar-refractivity contribution is -0.134. The van der Waals surface area contributed by atoms with E-state index >= 15 is 0 Å². The van der Waals surface area contributed by atoms with Crippen molar-refractivity contribution in [3.05, 3.63) is 46.7 Å². The average Bonchev–Trinajstić information content (AvgIpc) is 3.19. The molecular weight excluding hydrogens is 374 g/mol. The first-order chi connectivity index (χ1) is 13.4. The van der Waals surface area contributed by atoms with Crippen LogP contribution in [-0.4, -0.2) is 21.3 Å². The lowest BCUT2D eigenvalue weighted by Gasteiger charge is -2.25. The zero-order chi connectivity index (χ0) is 19.7. The molecule has 5 nitrogen and oxygen atoms in total. The Kier molecular flexibility index (Phi) is 5.37. The highest BCUT2D eigenvalue weighted by Gasteiger charge is 2.32. The van der Waals surface area contributed by atoms with Crippen LogP contribution in [0.4, 0.5) is 0 Å². The largest absolute Gasteiger partial charge is 0.478 e. The average molecular weight is 402 g/mol. The standard InChI is InChI=1S/C22H28ClN3O2/c1-22(2,28-19-11-9-16(23)10-12-19)21(27)24-14-17-13-20(15-7-8-15)26(25-17)18-5-3-4-6-18/h9-13,15,18H,3-8,14H2,1-2H3,(H,24,27). The van der Waals surface area contributed by atoms with E-state index in [0.29, 0.717) is 29.3 Å². The van der Waals surface area contributed by atoms with Gasteiger partial charge in [0.25, 0.3) is 5.91 Å². The molecule has 0 radical (unpaired) electrons. The Morgan fingerprint density at radius 1 is 1.21 bits per heavy atom. The summed E-state index contributed by atoms with van der Waals surface area (Å²) in [6, 6.07) is 9.75. The second-order valence-corrected chi connectivity index (χ2v) is 8.90. The minimum atomic E-state index is -0.985. The van der Waals surface area contributed by atoms with Crippen molar-refractivity contribution < 1.29 is 9.53 Å². The van der Waals surface area contributed by atoms with Crippen molar-refractivity contribution in [1.82, 2.24) is 15.1 Å². The summed E-state index contributed by atoms with van der Waals surface area (Å²) in [5.74, 6) is 1.11. The van der Waals surface area contributed by atoms with Crippen molar-refractivity contribution in [3.63, 3.8) is 0 Å². The van der Waals surface area contributed by atoms with Gasteiger partial charge in [0.1, 0.15) is 5.75 Å². The van der Waals surface area contributed by atoms with Crippen molar-refractivity contribution >= 4 is 17.5 Å². The monoisotopic (exact) mass is 401 g/mol. The molecule has 2 aliphatic carbocycles. The molecule has 1 heterocycles. The maximum atomic E-state index is 12.7. The first kappa shape index (κ1) is 19.3. The summed E-state index contributed by atoms with van der Waals surface area (Å²) >= 11 is 5.91. The van der Waals surface area contributed by atoms with Gasteiger partial charge in [-0.3, -0.25) is 9.48 Å². The molecule has 0 bridgehead atoms. The summed E-state index contributed by atoms with van der Waals surface area (Å²) in [6.45, 7) is 3.96. The SMILES string of the molecule is CC(C)(Oc1ccc(Cl)cc1)C(=O)NCc1cc(C2CC2)n(C2CCCC2)n1. The minimum absolute atomic E-state index is 0.161. The minimum Gasteiger partial charge on any atom is -0.478 e. The summed E-state index contributed by atoms with van der Waals surface area (Å²) in [6.07, 6.45) is 7.52. The summed E-state index contributed by atoms with van der Waals surface area (Å²) in [4.78, 5) is 12.7. The van der Waals surface area contributed by atoms with Crippen LogP contribution in [0.1, 0.15) is 75.7 Å². The fourth-order valence-electron chi connectivity index (χ4n) is 3.90. The van der Waals surface area contributed by atoms with Crippen LogP contribution in [0.5, 0.6) is 5.75 Å². The van der Waals surface area contributed by atoms with Crippen molar-refractivity contribution in [2.24, 2.45) is 0 Å². The molecule has 0 atom stereocenters. The molecule has 2 aromatic rings.